The van der Waals surface area contributed by atoms with Crippen LogP contribution in [0.15, 0.2) is 0 Å². The van der Waals surface area contributed by atoms with E-state index < -0.39 is 0 Å². The van der Waals surface area contributed by atoms with Gasteiger partial charge >= 0.3 is 0 Å². The van der Waals surface area contributed by atoms with Gasteiger partial charge in [-0.25, -0.2) is 0 Å². The van der Waals surface area contributed by atoms with Gasteiger partial charge in [0.1, 0.15) is 0 Å². The number of nitrogens with two attached hydrogens (primary N) is 1. The van der Waals surface area contributed by atoms with Crippen molar-refractivity contribution in [3.8, 4) is 0 Å². The molecule has 0 radical (unpaired) electrons. The number of hydrogen-bond acceptors (Lipinski definition) is 4. The van der Waals surface area contributed by atoms with Gasteiger partial charge in [-0.3, -0.25) is 0 Å². The van der Waals surface area contributed by atoms with Gasteiger partial charge in [0, 0.05) is 25.7 Å². The zero-order chi connectivity index (χ0) is 9.03. The third-order valence-corrected chi connectivity index (χ3v) is 2.57. The summed E-state index contributed by atoms with van der Waals surface area (Å²) in [5, 5.41) is 11.9. The number of aliphatic hydroxyl groups is 1. The van der Waals surface area contributed by atoms with E-state index in [0.717, 1.165) is 12.8 Å². The minimum atomic E-state index is 0.0312. The Morgan fingerprint density at radius 2 is 2.33 bits per heavy atom. The van der Waals surface area contributed by atoms with E-state index in [9.17, 15) is 0 Å². The SMILES string of the molecule is COC1CC(CN)(NCCO)C1. The minimum Gasteiger partial charge on any atom is -0.395 e. The molecule has 12 heavy (non-hydrogen) atoms. The topological polar surface area (TPSA) is 67.5 Å². The van der Waals surface area contributed by atoms with Gasteiger partial charge in [-0.05, 0) is 12.8 Å². The third kappa shape index (κ3) is 1.95. The maximum atomic E-state index is 8.63. The minimum absolute atomic E-state index is 0.0312. The second kappa shape index (κ2) is 4.18. The second-order valence-electron chi connectivity index (χ2n) is 3.40. The smallest absolute Gasteiger partial charge is 0.0607 e. The lowest BCUT2D eigenvalue weighted by molar-refractivity contribution is -0.0276. The van der Waals surface area contributed by atoms with E-state index in [2.05, 4.69) is 5.32 Å². The number of aliphatic hydroxyl groups excluding tert-OH is 1. The highest BCUT2D eigenvalue weighted by Crippen LogP contribution is 2.32. The molecular formula is C8H18N2O2. The summed E-state index contributed by atoms with van der Waals surface area (Å²) in [7, 11) is 1.72. The van der Waals surface area contributed by atoms with E-state index in [-0.39, 0.29) is 12.1 Å². The Kier molecular flexibility index (Phi) is 3.46. The average Bonchev–Trinajstić information content (AvgIpc) is 2.04. The number of nitrogens with one attached hydrogen (secondary N) is 1. The van der Waals surface area contributed by atoms with E-state index >= 15 is 0 Å². The fourth-order valence-electron chi connectivity index (χ4n) is 1.68. The van der Waals surface area contributed by atoms with Crippen LogP contribution in [0.4, 0.5) is 0 Å². The molecule has 72 valence electrons. The van der Waals surface area contributed by atoms with Gasteiger partial charge in [0.05, 0.1) is 12.7 Å². The molecule has 0 aromatic heterocycles. The Labute approximate surface area is 73.1 Å². The lowest BCUT2D eigenvalue weighted by Gasteiger charge is -2.47. The van der Waals surface area contributed by atoms with Crippen molar-refractivity contribution in [3.63, 3.8) is 0 Å². The fourth-order valence-corrected chi connectivity index (χ4v) is 1.68. The second-order valence-corrected chi connectivity index (χ2v) is 3.40. The van der Waals surface area contributed by atoms with Crippen LogP contribution in [0.1, 0.15) is 12.8 Å². The Morgan fingerprint density at radius 1 is 1.67 bits per heavy atom. The van der Waals surface area contributed by atoms with Crippen molar-refractivity contribution in [2.75, 3.05) is 26.8 Å². The Morgan fingerprint density at radius 3 is 2.75 bits per heavy atom. The van der Waals surface area contributed by atoms with Crippen molar-refractivity contribution in [2.24, 2.45) is 5.73 Å². The fraction of sp³-hybridized carbons (Fsp3) is 1.00. The van der Waals surface area contributed by atoms with E-state index in [4.69, 9.17) is 15.6 Å². The van der Waals surface area contributed by atoms with Crippen LogP contribution < -0.4 is 11.1 Å². The van der Waals surface area contributed by atoms with Gasteiger partial charge in [-0.15, -0.1) is 0 Å². The number of hydrogen-bond donors (Lipinski definition) is 3. The summed E-state index contributed by atoms with van der Waals surface area (Å²) in [6.07, 6.45) is 2.26. The lowest BCUT2D eigenvalue weighted by Crippen LogP contribution is -2.62. The first-order valence-electron chi connectivity index (χ1n) is 4.35. The first-order valence-corrected chi connectivity index (χ1v) is 4.35. The number of ether oxygens (including phenoxy) is 1. The van der Waals surface area contributed by atoms with E-state index in [1.807, 2.05) is 0 Å². The standard InChI is InChI=1S/C8H18N2O2/c1-12-7-4-8(5-7,6-9)10-2-3-11/h7,10-11H,2-6,9H2,1H3. The van der Waals surface area contributed by atoms with Crippen LogP contribution in [0.25, 0.3) is 0 Å². The normalized spacial score (nSPS) is 34.8. The van der Waals surface area contributed by atoms with Crippen molar-refractivity contribution >= 4 is 0 Å². The first kappa shape index (κ1) is 9.92. The molecule has 4 N–H and O–H groups in total. The van der Waals surface area contributed by atoms with Gasteiger partial charge in [0.25, 0.3) is 0 Å². The van der Waals surface area contributed by atoms with Crippen molar-refractivity contribution < 1.29 is 9.84 Å². The number of rotatable bonds is 5. The van der Waals surface area contributed by atoms with Crippen LogP contribution in [-0.4, -0.2) is 43.6 Å². The van der Waals surface area contributed by atoms with Crippen molar-refractivity contribution in [1.29, 1.82) is 0 Å². The molecule has 0 heterocycles. The molecule has 0 aromatic carbocycles. The predicted molar refractivity (Wildman–Crippen MR) is 46.9 cm³/mol. The summed E-state index contributed by atoms with van der Waals surface area (Å²) >= 11 is 0. The van der Waals surface area contributed by atoms with Gasteiger partial charge in [-0.2, -0.15) is 0 Å². The molecule has 1 saturated carbocycles. The molecule has 0 aromatic rings. The average molecular weight is 174 g/mol. The van der Waals surface area contributed by atoms with Crippen molar-refractivity contribution in [2.45, 2.75) is 24.5 Å². The summed E-state index contributed by atoms with van der Waals surface area (Å²) in [6, 6.07) is 0. The van der Waals surface area contributed by atoms with E-state index in [1.165, 1.54) is 0 Å². The summed E-state index contributed by atoms with van der Waals surface area (Å²) in [5.41, 5.74) is 5.66. The molecule has 0 bridgehead atoms. The molecule has 0 aliphatic heterocycles. The first-order chi connectivity index (χ1) is 5.76. The largest absolute Gasteiger partial charge is 0.395 e. The maximum Gasteiger partial charge on any atom is 0.0607 e. The van der Waals surface area contributed by atoms with Gasteiger partial charge in [0.2, 0.25) is 0 Å². The van der Waals surface area contributed by atoms with Crippen LogP contribution >= 0.6 is 0 Å². The third-order valence-electron chi connectivity index (χ3n) is 2.57. The van der Waals surface area contributed by atoms with Crippen LogP contribution in [0.5, 0.6) is 0 Å². The highest BCUT2D eigenvalue weighted by molar-refractivity contribution is 5.02. The number of methoxy groups -OCH3 is 1. The molecule has 4 nitrogen and oxygen atoms in total. The number of β-amino-alcohol motifs (C(OH)–C–C–N with tert-alkyl or cyclic N) is 1. The lowest BCUT2D eigenvalue weighted by atomic mass is 9.74. The van der Waals surface area contributed by atoms with Crippen molar-refractivity contribution in [3.05, 3.63) is 0 Å². The Balaban J connectivity index is 2.26. The molecule has 4 heteroatoms. The monoisotopic (exact) mass is 174 g/mol. The molecule has 1 fully saturated rings. The summed E-state index contributed by atoms with van der Waals surface area (Å²) < 4.78 is 5.17. The molecule has 0 amide bonds. The Bertz CT molecular complexity index is 130. The summed E-state index contributed by atoms with van der Waals surface area (Å²) in [4.78, 5) is 0. The van der Waals surface area contributed by atoms with Crippen LogP contribution in [-0.2, 0) is 4.74 Å². The van der Waals surface area contributed by atoms with Crippen LogP contribution in [0.2, 0.25) is 0 Å². The quantitative estimate of drug-likeness (QED) is 0.504. The Hall–Kier alpha value is -0.160. The van der Waals surface area contributed by atoms with Gasteiger partial charge in [0.15, 0.2) is 0 Å². The van der Waals surface area contributed by atoms with Gasteiger partial charge in [-0.1, -0.05) is 0 Å². The zero-order valence-corrected chi connectivity index (χ0v) is 7.55. The van der Waals surface area contributed by atoms with Crippen LogP contribution in [0, 0.1) is 0 Å². The maximum absolute atomic E-state index is 8.63. The van der Waals surface area contributed by atoms with Crippen LogP contribution in [0.3, 0.4) is 0 Å². The summed E-state index contributed by atoms with van der Waals surface area (Å²) in [6.45, 7) is 1.40. The molecule has 0 spiro atoms. The summed E-state index contributed by atoms with van der Waals surface area (Å²) in [5.74, 6) is 0. The highest BCUT2D eigenvalue weighted by Gasteiger charge is 2.42. The van der Waals surface area contributed by atoms with Gasteiger partial charge < -0.3 is 20.9 Å². The molecule has 0 unspecified atom stereocenters. The van der Waals surface area contributed by atoms with E-state index in [0.29, 0.717) is 19.2 Å². The highest BCUT2D eigenvalue weighted by atomic mass is 16.5. The molecule has 1 rings (SSSR count). The molecule has 0 atom stereocenters. The van der Waals surface area contributed by atoms with Crippen molar-refractivity contribution in [1.82, 2.24) is 5.32 Å². The zero-order valence-electron chi connectivity index (χ0n) is 7.55. The predicted octanol–water partition coefficient (Wildman–Crippen LogP) is -0.925. The molecule has 1 aliphatic carbocycles. The molecule has 1 aliphatic rings. The molecular weight excluding hydrogens is 156 g/mol. The van der Waals surface area contributed by atoms with E-state index in [1.54, 1.807) is 7.11 Å². The molecule has 0 saturated heterocycles.